The molecule has 0 spiro atoms. The van der Waals surface area contributed by atoms with Crippen LogP contribution < -0.4 is 0 Å². The van der Waals surface area contributed by atoms with Crippen molar-refractivity contribution in [2.45, 2.75) is 6.42 Å². The molecule has 0 amide bonds. The lowest BCUT2D eigenvalue weighted by Crippen LogP contribution is -1.91. The highest BCUT2D eigenvalue weighted by molar-refractivity contribution is 6.30. The molecule has 7 nitrogen and oxygen atoms in total. The molecule has 0 aliphatic rings. The zero-order chi connectivity index (χ0) is 16.4. The Morgan fingerprint density at radius 1 is 1.08 bits per heavy atom. The van der Waals surface area contributed by atoms with Gasteiger partial charge >= 0.3 is 0 Å². The molecule has 0 saturated carbocycles. The fourth-order valence-electron chi connectivity index (χ4n) is 2.42. The normalized spacial score (nSPS) is 10.9. The molecule has 0 atom stereocenters. The zero-order valence-electron chi connectivity index (χ0n) is 12.4. The number of imidazole rings is 1. The maximum absolute atomic E-state index is 6.02. The molecule has 0 radical (unpaired) electrons. The third kappa shape index (κ3) is 3.02. The molecular formula is C16H12ClN7. The van der Waals surface area contributed by atoms with Gasteiger partial charge in [-0.25, -0.2) is 4.98 Å². The minimum absolute atomic E-state index is 0.525. The van der Waals surface area contributed by atoms with Gasteiger partial charge in [0, 0.05) is 23.2 Å². The Morgan fingerprint density at radius 3 is 2.88 bits per heavy atom. The minimum atomic E-state index is 0.525. The number of aromatic amines is 2. The Balaban J connectivity index is 1.60. The Kier molecular flexibility index (Phi) is 3.76. The molecule has 8 heteroatoms. The highest BCUT2D eigenvalue weighted by Gasteiger charge is 2.09. The Morgan fingerprint density at radius 2 is 2.04 bits per heavy atom. The summed E-state index contributed by atoms with van der Waals surface area (Å²) in [6, 6.07) is 11.4. The van der Waals surface area contributed by atoms with Crippen LogP contribution in [-0.4, -0.2) is 35.6 Å². The fourth-order valence-corrected chi connectivity index (χ4v) is 2.64. The number of tetrazole rings is 1. The molecule has 3 heterocycles. The van der Waals surface area contributed by atoms with Crippen molar-refractivity contribution < 1.29 is 0 Å². The number of hydrogen-bond acceptors (Lipinski definition) is 5. The van der Waals surface area contributed by atoms with Crippen molar-refractivity contribution in [2.75, 3.05) is 0 Å². The van der Waals surface area contributed by atoms with Gasteiger partial charge < -0.3 is 4.98 Å². The summed E-state index contributed by atoms with van der Waals surface area (Å²) >= 11 is 6.02. The van der Waals surface area contributed by atoms with Crippen LogP contribution >= 0.6 is 11.6 Å². The zero-order valence-corrected chi connectivity index (χ0v) is 13.2. The van der Waals surface area contributed by atoms with E-state index in [1.165, 1.54) is 0 Å². The first-order valence-corrected chi connectivity index (χ1v) is 7.64. The molecule has 4 rings (SSSR count). The number of aromatic nitrogens is 7. The summed E-state index contributed by atoms with van der Waals surface area (Å²) in [6.07, 6.45) is 4.14. The van der Waals surface area contributed by atoms with Gasteiger partial charge in [0.1, 0.15) is 5.82 Å². The van der Waals surface area contributed by atoms with E-state index in [2.05, 4.69) is 35.6 Å². The number of hydrogen-bond donors (Lipinski definition) is 2. The van der Waals surface area contributed by atoms with Crippen LogP contribution in [0.3, 0.4) is 0 Å². The van der Waals surface area contributed by atoms with Crippen LogP contribution in [0.15, 0.2) is 48.8 Å². The molecule has 118 valence electrons. The van der Waals surface area contributed by atoms with Crippen molar-refractivity contribution >= 4 is 11.6 Å². The van der Waals surface area contributed by atoms with E-state index in [9.17, 15) is 0 Å². The number of H-pyrrole nitrogens is 2. The van der Waals surface area contributed by atoms with Crippen molar-refractivity contribution in [3.63, 3.8) is 0 Å². The smallest absolute Gasteiger partial charge is 0.204 e. The van der Waals surface area contributed by atoms with Crippen LogP contribution in [0.2, 0.25) is 5.02 Å². The number of halogens is 1. The summed E-state index contributed by atoms with van der Waals surface area (Å²) in [7, 11) is 0. The number of pyridine rings is 1. The summed E-state index contributed by atoms with van der Waals surface area (Å²) < 4.78 is 0. The van der Waals surface area contributed by atoms with Gasteiger partial charge in [-0.2, -0.15) is 5.21 Å². The van der Waals surface area contributed by atoms with Gasteiger partial charge in [0.25, 0.3) is 0 Å². The molecule has 0 unspecified atom stereocenters. The molecule has 0 aliphatic carbocycles. The van der Waals surface area contributed by atoms with Crippen molar-refractivity contribution in [3.8, 4) is 22.8 Å². The van der Waals surface area contributed by atoms with Gasteiger partial charge in [-0.15, -0.1) is 10.2 Å². The molecule has 4 aromatic rings. The van der Waals surface area contributed by atoms with Crippen LogP contribution in [0.5, 0.6) is 0 Å². The van der Waals surface area contributed by atoms with Crippen molar-refractivity contribution in [1.82, 2.24) is 35.6 Å². The standard InChI is InChI=1S/C16H12ClN7/c17-12-3-1-2-10(6-12)7-15-19-9-14(20-15)13-8-11(4-5-18-13)16-21-23-24-22-16/h1-6,8-9H,7H2,(H,19,20)(H,21,22,23,24). The Bertz CT molecular complexity index is 962. The van der Waals surface area contributed by atoms with Crippen LogP contribution in [0, 0.1) is 0 Å². The van der Waals surface area contributed by atoms with Crippen molar-refractivity contribution in [3.05, 3.63) is 65.2 Å². The molecule has 0 fully saturated rings. The average molecular weight is 338 g/mol. The highest BCUT2D eigenvalue weighted by Crippen LogP contribution is 2.21. The van der Waals surface area contributed by atoms with Gasteiger partial charge in [-0.05, 0) is 35.0 Å². The number of nitrogens with zero attached hydrogens (tertiary/aromatic N) is 5. The predicted octanol–water partition coefficient (Wildman–Crippen LogP) is 2.90. The SMILES string of the molecule is Clc1cccc(Cc2ncc(-c3cc(-c4nn[nH]n4)ccn3)[nH]2)c1. The van der Waals surface area contributed by atoms with Gasteiger partial charge in [-0.3, -0.25) is 4.98 Å². The van der Waals surface area contributed by atoms with E-state index in [0.717, 1.165) is 28.3 Å². The minimum Gasteiger partial charge on any atom is -0.340 e. The lowest BCUT2D eigenvalue weighted by molar-refractivity contribution is 0.881. The molecule has 1 aromatic carbocycles. The molecule has 0 bridgehead atoms. The van der Waals surface area contributed by atoms with Gasteiger partial charge in [0.15, 0.2) is 0 Å². The first-order valence-electron chi connectivity index (χ1n) is 7.26. The fraction of sp³-hybridized carbons (Fsp3) is 0.0625. The summed E-state index contributed by atoms with van der Waals surface area (Å²) in [5, 5.41) is 14.7. The summed E-state index contributed by atoms with van der Waals surface area (Å²) in [4.78, 5) is 12.1. The molecule has 0 saturated heterocycles. The molecular weight excluding hydrogens is 326 g/mol. The Labute approximate surface area is 142 Å². The highest BCUT2D eigenvalue weighted by atomic mass is 35.5. The van der Waals surface area contributed by atoms with E-state index in [4.69, 9.17) is 11.6 Å². The first-order chi connectivity index (χ1) is 11.8. The van der Waals surface area contributed by atoms with E-state index in [1.807, 2.05) is 36.4 Å². The van der Waals surface area contributed by atoms with E-state index in [-0.39, 0.29) is 0 Å². The first kappa shape index (κ1) is 14.5. The van der Waals surface area contributed by atoms with Crippen molar-refractivity contribution in [1.29, 1.82) is 0 Å². The third-order valence-corrected chi connectivity index (χ3v) is 3.76. The van der Waals surface area contributed by atoms with E-state index >= 15 is 0 Å². The van der Waals surface area contributed by atoms with Crippen LogP contribution in [0.25, 0.3) is 22.8 Å². The van der Waals surface area contributed by atoms with Gasteiger partial charge in [0.05, 0.1) is 17.6 Å². The van der Waals surface area contributed by atoms with Crippen LogP contribution in [-0.2, 0) is 6.42 Å². The summed E-state index contributed by atoms with van der Waals surface area (Å²) in [5.74, 6) is 1.37. The van der Waals surface area contributed by atoms with E-state index in [0.29, 0.717) is 17.3 Å². The molecule has 24 heavy (non-hydrogen) atoms. The second kappa shape index (κ2) is 6.21. The van der Waals surface area contributed by atoms with E-state index in [1.54, 1.807) is 12.4 Å². The monoisotopic (exact) mass is 337 g/mol. The van der Waals surface area contributed by atoms with E-state index < -0.39 is 0 Å². The van der Waals surface area contributed by atoms with Crippen LogP contribution in [0.1, 0.15) is 11.4 Å². The summed E-state index contributed by atoms with van der Waals surface area (Å²) in [6.45, 7) is 0. The number of nitrogens with one attached hydrogen (secondary N) is 2. The molecule has 3 aromatic heterocycles. The topological polar surface area (TPSA) is 96.0 Å². The van der Waals surface area contributed by atoms with Gasteiger partial charge in [0.2, 0.25) is 5.82 Å². The predicted molar refractivity (Wildman–Crippen MR) is 89.2 cm³/mol. The maximum atomic E-state index is 6.02. The lowest BCUT2D eigenvalue weighted by Gasteiger charge is -2.00. The van der Waals surface area contributed by atoms with Crippen LogP contribution in [0.4, 0.5) is 0 Å². The lowest BCUT2D eigenvalue weighted by atomic mass is 10.1. The molecule has 0 aliphatic heterocycles. The largest absolute Gasteiger partial charge is 0.340 e. The average Bonchev–Trinajstić information content (AvgIpc) is 3.27. The second-order valence-corrected chi connectivity index (χ2v) is 5.65. The Hall–Kier alpha value is -3.06. The number of benzene rings is 1. The maximum Gasteiger partial charge on any atom is 0.204 e. The van der Waals surface area contributed by atoms with Gasteiger partial charge in [-0.1, -0.05) is 23.7 Å². The molecule has 2 N–H and O–H groups in total. The summed E-state index contributed by atoms with van der Waals surface area (Å²) in [5.41, 5.74) is 3.52. The second-order valence-electron chi connectivity index (χ2n) is 5.22. The number of rotatable bonds is 4. The quantitative estimate of drug-likeness (QED) is 0.597. The van der Waals surface area contributed by atoms with Crippen molar-refractivity contribution in [2.24, 2.45) is 0 Å². The third-order valence-electron chi connectivity index (χ3n) is 3.53.